The minimum absolute atomic E-state index is 0.101. The van der Waals surface area contributed by atoms with Crippen molar-refractivity contribution in [2.24, 2.45) is 0 Å². The van der Waals surface area contributed by atoms with Gasteiger partial charge in [0.2, 0.25) is 0 Å². The minimum Gasteiger partial charge on any atom is -0.444 e. The Hall–Kier alpha value is -2.54. The Bertz CT molecular complexity index is 962. The van der Waals surface area contributed by atoms with Crippen molar-refractivity contribution in [1.29, 1.82) is 5.41 Å². The largest absolute Gasteiger partial charge is 0.444 e. The van der Waals surface area contributed by atoms with Gasteiger partial charge in [0.25, 0.3) is 5.91 Å². The topological polar surface area (TPSA) is 98.3 Å². The number of hydrogen-bond donors (Lipinski definition) is 3. The summed E-state index contributed by atoms with van der Waals surface area (Å²) in [6.45, 7) is 14.1. The molecule has 0 saturated carbocycles. The lowest BCUT2D eigenvalue weighted by Gasteiger charge is -2.51. The third kappa shape index (κ3) is 4.17. The van der Waals surface area contributed by atoms with Crippen molar-refractivity contribution in [3.05, 3.63) is 40.7 Å². The maximum atomic E-state index is 13.0. The summed E-state index contributed by atoms with van der Waals surface area (Å²) < 4.78 is 5.42. The molecule has 1 spiro atoms. The fourth-order valence-corrected chi connectivity index (χ4v) is 4.25. The molecule has 0 aromatic carbocycles. The molecule has 30 heavy (non-hydrogen) atoms. The lowest BCUT2D eigenvalue weighted by atomic mass is 9.80. The maximum Gasteiger partial charge on any atom is 0.410 e. The van der Waals surface area contributed by atoms with Crippen LogP contribution in [0.2, 0.25) is 0 Å². The number of halogens is 1. The number of allylic oxidation sites excluding steroid dienone is 3. The number of nitrogens with zero attached hydrogens (tertiary/aromatic N) is 1. The summed E-state index contributed by atoms with van der Waals surface area (Å²) in [5.41, 5.74) is 3.54. The smallest absolute Gasteiger partial charge is 0.410 e. The zero-order chi connectivity index (χ0) is 22.4. The second-order valence-corrected chi connectivity index (χ2v) is 9.53. The first kappa shape index (κ1) is 22.2. The molecule has 2 aliphatic rings. The number of H-pyrrole nitrogens is 1. The van der Waals surface area contributed by atoms with E-state index in [0.717, 1.165) is 22.5 Å². The SMILES string of the molecule is C=C(C)/C(=C\C(=N)Cl)c1[nH]c2c(c1CC)C(=O)NC1(C2)CN(C(=O)OC(C)(C)C)C1. The van der Waals surface area contributed by atoms with E-state index in [2.05, 4.69) is 16.9 Å². The highest BCUT2D eigenvalue weighted by atomic mass is 35.5. The van der Waals surface area contributed by atoms with Crippen molar-refractivity contribution >= 4 is 34.3 Å². The fraction of sp³-hybridized carbons (Fsp3) is 0.500. The van der Waals surface area contributed by atoms with Crippen LogP contribution in [0.1, 0.15) is 61.9 Å². The zero-order valence-corrected chi connectivity index (χ0v) is 18.9. The summed E-state index contributed by atoms with van der Waals surface area (Å²) >= 11 is 5.81. The van der Waals surface area contributed by atoms with Crippen LogP contribution in [0.5, 0.6) is 0 Å². The van der Waals surface area contributed by atoms with E-state index in [1.165, 1.54) is 0 Å². The number of nitrogens with one attached hydrogen (secondary N) is 3. The normalized spacial score (nSPS) is 17.9. The lowest BCUT2D eigenvalue weighted by molar-refractivity contribution is -0.0169. The zero-order valence-electron chi connectivity index (χ0n) is 18.2. The molecular formula is C22H29ClN4O3. The van der Waals surface area contributed by atoms with E-state index in [-0.39, 0.29) is 17.2 Å². The number of carbonyl (C=O) groups is 2. The fourth-order valence-electron chi connectivity index (χ4n) is 4.14. The highest BCUT2D eigenvalue weighted by Crippen LogP contribution is 2.37. The van der Waals surface area contributed by atoms with E-state index < -0.39 is 11.1 Å². The Kier molecular flexibility index (Phi) is 5.62. The van der Waals surface area contributed by atoms with Crippen LogP contribution in [0.4, 0.5) is 4.79 Å². The first-order valence-corrected chi connectivity index (χ1v) is 10.4. The number of ether oxygens (including phenoxy) is 1. The number of amides is 2. The summed E-state index contributed by atoms with van der Waals surface area (Å²) in [5, 5.41) is 10.6. The van der Waals surface area contributed by atoms with Gasteiger partial charge in [0.15, 0.2) is 0 Å². The van der Waals surface area contributed by atoms with E-state index in [1.807, 2.05) is 34.6 Å². The van der Waals surface area contributed by atoms with E-state index >= 15 is 0 Å². The number of rotatable bonds is 4. The number of aromatic amines is 1. The Morgan fingerprint density at radius 3 is 2.53 bits per heavy atom. The van der Waals surface area contributed by atoms with Crippen molar-refractivity contribution in [1.82, 2.24) is 15.2 Å². The van der Waals surface area contributed by atoms with E-state index in [4.69, 9.17) is 21.7 Å². The van der Waals surface area contributed by atoms with Gasteiger partial charge in [-0.3, -0.25) is 10.2 Å². The molecule has 0 aliphatic carbocycles. The number of carbonyl (C=O) groups excluding carboxylic acids is 2. The van der Waals surface area contributed by atoms with Crippen LogP contribution in [0.3, 0.4) is 0 Å². The standard InChI is InChI=1S/C22H29ClN4O3/c1-7-13-17-15(25-18(13)14(12(2)3)8-16(23)24)9-22(26-19(17)28)10-27(11-22)20(29)30-21(4,5)6/h8,24-25H,2,7,9-11H2,1,3-6H3,(H,26,28)/b14-8+,24-16?. The molecule has 8 heteroatoms. The molecular weight excluding hydrogens is 404 g/mol. The molecule has 2 aliphatic heterocycles. The van der Waals surface area contributed by atoms with Crippen LogP contribution in [0.25, 0.3) is 5.57 Å². The number of likely N-dealkylation sites (tertiary alicyclic amines) is 1. The maximum absolute atomic E-state index is 13.0. The lowest BCUT2D eigenvalue weighted by Crippen LogP contribution is -2.74. The van der Waals surface area contributed by atoms with Gasteiger partial charge in [-0.2, -0.15) is 0 Å². The van der Waals surface area contributed by atoms with Crippen molar-refractivity contribution in [3.8, 4) is 0 Å². The average Bonchev–Trinajstić information content (AvgIpc) is 2.93. The molecule has 3 heterocycles. The first-order chi connectivity index (χ1) is 13.9. The van der Waals surface area contributed by atoms with Gasteiger partial charge in [-0.05, 0) is 51.3 Å². The van der Waals surface area contributed by atoms with E-state index in [1.54, 1.807) is 11.0 Å². The molecule has 2 amide bonds. The van der Waals surface area contributed by atoms with Crippen molar-refractivity contribution in [2.75, 3.05) is 13.1 Å². The number of hydrogen-bond acceptors (Lipinski definition) is 4. The van der Waals surface area contributed by atoms with Crippen molar-refractivity contribution in [2.45, 2.75) is 58.6 Å². The van der Waals surface area contributed by atoms with Gasteiger partial charge in [-0.1, -0.05) is 25.1 Å². The molecule has 162 valence electrons. The molecule has 1 aromatic heterocycles. The van der Waals surface area contributed by atoms with Gasteiger partial charge < -0.3 is 19.9 Å². The third-order valence-corrected chi connectivity index (χ3v) is 5.40. The van der Waals surface area contributed by atoms with Crippen LogP contribution in [0, 0.1) is 5.41 Å². The molecule has 0 bridgehead atoms. The van der Waals surface area contributed by atoms with Gasteiger partial charge in [0.1, 0.15) is 10.8 Å². The van der Waals surface area contributed by atoms with Crippen LogP contribution in [-0.2, 0) is 17.6 Å². The summed E-state index contributed by atoms with van der Waals surface area (Å²) in [7, 11) is 0. The predicted octanol–water partition coefficient (Wildman–Crippen LogP) is 4.03. The molecule has 0 radical (unpaired) electrons. The summed E-state index contributed by atoms with van der Waals surface area (Å²) in [4.78, 5) is 30.3. The van der Waals surface area contributed by atoms with Crippen LogP contribution in [0.15, 0.2) is 18.2 Å². The molecule has 1 aromatic rings. The van der Waals surface area contributed by atoms with E-state index in [0.29, 0.717) is 37.1 Å². The second-order valence-electron chi connectivity index (χ2n) is 9.12. The van der Waals surface area contributed by atoms with Crippen molar-refractivity contribution in [3.63, 3.8) is 0 Å². The second kappa shape index (κ2) is 7.61. The Labute approximate surface area is 182 Å². The summed E-state index contributed by atoms with van der Waals surface area (Å²) in [5.74, 6) is -0.151. The van der Waals surface area contributed by atoms with Crippen LogP contribution in [-0.4, -0.2) is 51.3 Å². The molecule has 1 saturated heterocycles. The highest BCUT2D eigenvalue weighted by molar-refractivity contribution is 6.68. The number of fused-ring (bicyclic) bond motifs is 1. The Balaban J connectivity index is 1.89. The Morgan fingerprint density at radius 1 is 1.40 bits per heavy atom. The van der Waals surface area contributed by atoms with Gasteiger partial charge in [-0.15, -0.1) is 0 Å². The molecule has 3 N–H and O–H groups in total. The Morgan fingerprint density at radius 2 is 2.03 bits per heavy atom. The van der Waals surface area contributed by atoms with Crippen LogP contribution < -0.4 is 5.32 Å². The summed E-state index contributed by atoms with van der Waals surface area (Å²) in [6, 6.07) is 0. The monoisotopic (exact) mass is 432 g/mol. The predicted molar refractivity (Wildman–Crippen MR) is 118 cm³/mol. The highest BCUT2D eigenvalue weighted by Gasteiger charge is 2.51. The third-order valence-electron chi connectivity index (χ3n) is 5.29. The molecule has 3 rings (SSSR count). The van der Waals surface area contributed by atoms with Crippen LogP contribution >= 0.6 is 11.6 Å². The van der Waals surface area contributed by atoms with E-state index in [9.17, 15) is 9.59 Å². The van der Waals surface area contributed by atoms with Gasteiger partial charge in [0, 0.05) is 36.5 Å². The molecule has 0 unspecified atom stereocenters. The van der Waals surface area contributed by atoms with Crippen molar-refractivity contribution < 1.29 is 14.3 Å². The quantitative estimate of drug-likeness (QED) is 0.494. The molecule has 0 atom stereocenters. The molecule has 7 nitrogen and oxygen atoms in total. The summed E-state index contributed by atoms with van der Waals surface area (Å²) in [6.07, 6.45) is 2.40. The number of aromatic nitrogens is 1. The van der Waals surface area contributed by atoms with Gasteiger partial charge >= 0.3 is 6.09 Å². The minimum atomic E-state index is -0.561. The first-order valence-electron chi connectivity index (χ1n) is 10.0. The average molecular weight is 433 g/mol. The van der Waals surface area contributed by atoms with Gasteiger partial charge in [0.05, 0.1) is 11.1 Å². The molecule has 1 fully saturated rings. The van der Waals surface area contributed by atoms with Gasteiger partial charge in [-0.25, -0.2) is 4.79 Å².